The summed E-state index contributed by atoms with van der Waals surface area (Å²) in [7, 11) is 0. The van der Waals surface area contributed by atoms with Crippen molar-refractivity contribution in [1.29, 1.82) is 0 Å². The number of hydrogen-bond donors (Lipinski definition) is 1. The molecule has 0 radical (unpaired) electrons. The van der Waals surface area contributed by atoms with Gasteiger partial charge in [-0.15, -0.1) is 23.4 Å². The number of aromatic nitrogens is 4. The average Bonchev–Trinajstić information content (AvgIpc) is 3.25. The zero-order valence-corrected chi connectivity index (χ0v) is 17.3. The van der Waals surface area contributed by atoms with Gasteiger partial charge in [0, 0.05) is 34.9 Å². The van der Waals surface area contributed by atoms with Crippen LogP contribution in [0.5, 0.6) is 0 Å². The van der Waals surface area contributed by atoms with Crippen molar-refractivity contribution in [3.63, 3.8) is 0 Å². The number of amides is 1. The fraction of sp³-hybridized carbons (Fsp3) is 0.500. The Balaban J connectivity index is 1.06. The molecule has 168 valence electrons. The second-order valence-electron chi connectivity index (χ2n) is 9.08. The quantitative estimate of drug-likeness (QED) is 0.614. The zero-order valence-electron chi connectivity index (χ0n) is 16.5. The number of pyridine rings is 1. The van der Waals surface area contributed by atoms with E-state index in [0.29, 0.717) is 47.4 Å². The first-order valence-electron chi connectivity index (χ1n) is 10.2. The molecule has 0 spiro atoms. The van der Waals surface area contributed by atoms with Crippen molar-refractivity contribution in [1.82, 2.24) is 24.9 Å². The van der Waals surface area contributed by atoms with Crippen LogP contribution in [0.3, 0.4) is 0 Å². The molecule has 1 N–H and O–H groups in total. The molecule has 4 saturated carbocycles. The van der Waals surface area contributed by atoms with Gasteiger partial charge in [-0.25, -0.2) is 4.98 Å². The van der Waals surface area contributed by atoms with Gasteiger partial charge < -0.3 is 14.1 Å². The molecular weight excluding hydrogens is 451 g/mol. The number of nitrogens with zero attached hydrogens (tertiary/aromatic N) is 4. The van der Waals surface area contributed by atoms with Crippen LogP contribution in [0.2, 0.25) is 5.02 Å². The van der Waals surface area contributed by atoms with Crippen LogP contribution in [0.15, 0.2) is 28.9 Å². The first-order chi connectivity index (χ1) is 15.1. The number of alkyl halides is 3. The molecule has 32 heavy (non-hydrogen) atoms. The van der Waals surface area contributed by atoms with E-state index in [1.165, 1.54) is 0 Å². The van der Waals surface area contributed by atoms with Gasteiger partial charge in [0.15, 0.2) is 0 Å². The van der Waals surface area contributed by atoms with E-state index in [1.807, 2.05) is 0 Å². The molecule has 1 amide bonds. The molecule has 8 nitrogen and oxygen atoms in total. The van der Waals surface area contributed by atoms with Gasteiger partial charge in [-0.05, 0) is 38.2 Å². The van der Waals surface area contributed by atoms with Crippen LogP contribution in [0, 0.1) is 0 Å². The van der Waals surface area contributed by atoms with Crippen molar-refractivity contribution in [3.05, 3.63) is 47.0 Å². The van der Waals surface area contributed by atoms with Crippen LogP contribution in [-0.2, 0) is 10.2 Å². The number of carbonyl (C=O) groups excluding carboxylic acids is 1. The lowest BCUT2D eigenvalue weighted by atomic mass is 9.39. The summed E-state index contributed by atoms with van der Waals surface area (Å²) in [4.78, 5) is 17.0. The maximum Gasteiger partial charge on any atom is 0.522 e. The Kier molecular flexibility index (Phi) is 4.02. The van der Waals surface area contributed by atoms with Crippen LogP contribution < -0.4 is 5.32 Å². The Hall–Kier alpha value is -2.66. The molecule has 4 fully saturated rings. The topological polar surface area (TPSA) is 94.5 Å². The molecule has 3 aromatic heterocycles. The van der Waals surface area contributed by atoms with Gasteiger partial charge in [-0.2, -0.15) is 0 Å². The van der Waals surface area contributed by atoms with Gasteiger partial charge in [0.05, 0.1) is 11.5 Å². The second kappa shape index (κ2) is 6.44. The standard InChI is InChI=1S/C20H17ClF3N5O3/c21-11-1-2-29-6-13(25-14(29)5-11)15(30)26-19-7-18(8-19,9-19)17-28-27-16(31-17)10-3-12(4-10)32-20(22,23)24/h1-2,5-6,10,12H,3-4,7-9H2,(H,26,30)/t10-,12+,18?,19?. The lowest BCUT2D eigenvalue weighted by Crippen LogP contribution is -2.76. The summed E-state index contributed by atoms with van der Waals surface area (Å²) in [5.74, 6) is 0.377. The summed E-state index contributed by atoms with van der Waals surface area (Å²) in [5.41, 5.74) is 0.318. The molecule has 0 atom stereocenters. The highest BCUT2D eigenvalue weighted by molar-refractivity contribution is 6.30. The van der Waals surface area contributed by atoms with Crippen molar-refractivity contribution in [3.8, 4) is 0 Å². The number of hydrogen-bond acceptors (Lipinski definition) is 6. The molecule has 4 aliphatic rings. The number of ether oxygens (including phenoxy) is 1. The fourth-order valence-corrected chi connectivity index (χ4v) is 5.34. The monoisotopic (exact) mass is 467 g/mol. The minimum Gasteiger partial charge on any atom is -0.424 e. The third-order valence-corrected chi connectivity index (χ3v) is 6.94. The summed E-state index contributed by atoms with van der Waals surface area (Å²) in [6.45, 7) is 0. The maximum absolute atomic E-state index is 12.7. The molecule has 0 saturated heterocycles. The van der Waals surface area contributed by atoms with E-state index in [1.54, 1.807) is 28.9 Å². The predicted molar refractivity (Wildman–Crippen MR) is 103 cm³/mol. The number of rotatable bonds is 5. The van der Waals surface area contributed by atoms with Crippen molar-refractivity contribution >= 4 is 23.2 Å². The molecule has 2 bridgehead atoms. The van der Waals surface area contributed by atoms with Crippen molar-refractivity contribution in [2.24, 2.45) is 0 Å². The van der Waals surface area contributed by atoms with Crippen LogP contribution in [0.25, 0.3) is 5.65 Å². The van der Waals surface area contributed by atoms with Gasteiger partial charge in [-0.1, -0.05) is 11.6 Å². The lowest BCUT2D eigenvalue weighted by molar-refractivity contribution is -0.352. The highest BCUT2D eigenvalue weighted by Gasteiger charge is 2.72. The second-order valence-corrected chi connectivity index (χ2v) is 9.52. The Morgan fingerprint density at radius 3 is 2.75 bits per heavy atom. The predicted octanol–water partition coefficient (Wildman–Crippen LogP) is 3.76. The molecule has 0 aromatic carbocycles. The first kappa shape index (κ1) is 20.0. The Morgan fingerprint density at radius 2 is 2.03 bits per heavy atom. The highest BCUT2D eigenvalue weighted by Crippen LogP contribution is 2.67. The first-order valence-corrected chi connectivity index (χ1v) is 10.6. The number of carbonyl (C=O) groups is 1. The van der Waals surface area contributed by atoms with Crippen LogP contribution in [0.4, 0.5) is 13.2 Å². The van der Waals surface area contributed by atoms with Crippen LogP contribution in [0.1, 0.15) is 60.3 Å². The molecule has 0 aliphatic heterocycles. The molecule has 4 aliphatic carbocycles. The Bertz CT molecular complexity index is 1210. The number of imidazole rings is 1. The van der Waals surface area contributed by atoms with Crippen molar-refractivity contribution in [2.75, 3.05) is 0 Å². The molecule has 3 heterocycles. The van der Waals surface area contributed by atoms with Crippen LogP contribution in [-0.4, -0.2) is 43.5 Å². The van der Waals surface area contributed by atoms with E-state index >= 15 is 0 Å². The number of fused-ring (bicyclic) bond motifs is 1. The smallest absolute Gasteiger partial charge is 0.424 e. The molecule has 7 rings (SSSR count). The summed E-state index contributed by atoms with van der Waals surface area (Å²) in [5, 5.41) is 11.8. The minimum absolute atomic E-state index is 0.207. The summed E-state index contributed by atoms with van der Waals surface area (Å²) in [6.07, 6.45) is 0.350. The number of halogens is 4. The van der Waals surface area contributed by atoms with Gasteiger partial charge in [0.25, 0.3) is 5.91 Å². The fourth-order valence-electron chi connectivity index (χ4n) is 5.19. The lowest BCUT2D eigenvalue weighted by Gasteiger charge is -2.68. The van der Waals surface area contributed by atoms with E-state index in [2.05, 4.69) is 25.2 Å². The van der Waals surface area contributed by atoms with E-state index in [4.69, 9.17) is 16.0 Å². The van der Waals surface area contributed by atoms with E-state index in [9.17, 15) is 18.0 Å². The largest absolute Gasteiger partial charge is 0.522 e. The Morgan fingerprint density at radius 1 is 1.28 bits per heavy atom. The molecule has 12 heteroatoms. The van der Waals surface area contributed by atoms with Crippen LogP contribution >= 0.6 is 11.6 Å². The third kappa shape index (κ3) is 3.17. The van der Waals surface area contributed by atoms with Gasteiger partial charge in [-0.3, -0.25) is 9.53 Å². The molecule has 0 unspecified atom stereocenters. The minimum atomic E-state index is -4.63. The normalized spacial score (nSPS) is 31.0. The highest BCUT2D eigenvalue weighted by atomic mass is 35.5. The Labute approximate surface area is 184 Å². The zero-order chi connectivity index (χ0) is 22.3. The van der Waals surface area contributed by atoms with E-state index < -0.39 is 12.5 Å². The average molecular weight is 468 g/mol. The third-order valence-electron chi connectivity index (χ3n) is 6.70. The van der Waals surface area contributed by atoms with E-state index in [-0.39, 0.29) is 35.6 Å². The summed E-state index contributed by atoms with van der Waals surface area (Å²) >= 11 is 5.97. The summed E-state index contributed by atoms with van der Waals surface area (Å²) in [6, 6.07) is 3.40. The van der Waals surface area contributed by atoms with Gasteiger partial charge in [0.1, 0.15) is 11.3 Å². The van der Waals surface area contributed by atoms with Crippen molar-refractivity contribution in [2.45, 2.75) is 61.4 Å². The maximum atomic E-state index is 12.7. The van der Waals surface area contributed by atoms with Crippen molar-refractivity contribution < 1.29 is 27.1 Å². The summed E-state index contributed by atoms with van der Waals surface area (Å²) < 4.78 is 48.3. The molecule has 3 aromatic rings. The number of nitrogens with one attached hydrogen (secondary N) is 1. The van der Waals surface area contributed by atoms with Gasteiger partial charge >= 0.3 is 6.36 Å². The van der Waals surface area contributed by atoms with Gasteiger partial charge in [0.2, 0.25) is 11.8 Å². The molecular formula is C20H17ClF3N5O3. The SMILES string of the molecule is O=C(NC12CC(c3nnc([C@H]4C[C@@H](OC(F)(F)F)C4)o3)(C1)C2)c1cn2ccc(Cl)cc2n1. The van der Waals surface area contributed by atoms with E-state index in [0.717, 1.165) is 0 Å².